The first-order valence-electron chi connectivity index (χ1n) is 6.98. The molecule has 0 radical (unpaired) electrons. The van der Waals surface area contributed by atoms with E-state index >= 15 is 0 Å². The molecule has 3 aromatic heterocycles. The molecule has 0 amide bonds. The van der Waals surface area contributed by atoms with Crippen LogP contribution in [0.5, 0.6) is 0 Å². The van der Waals surface area contributed by atoms with Crippen molar-refractivity contribution in [2.24, 2.45) is 0 Å². The molecule has 21 heavy (non-hydrogen) atoms. The zero-order valence-electron chi connectivity index (χ0n) is 12.5. The Kier molecular flexibility index (Phi) is 3.44. The highest BCUT2D eigenvalue weighted by Crippen LogP contribution is 2.27. The Bertz CT molecular complexity index is 815. The summed E-state index contributed by atoms with van der Waals surface area (Å²) in [4.78, 5) is 4.48. The van der Waals surface area contributed by atoms with Crippen LogP contribution < -0.4 is 5.32 Å². The quantitative estimate of drug-likeness (QED) is 0.797. The summed E-state index contributed by atoms with van der Waals surface area (Å²) in [5.74, 6) is 0. The van der Waals surface area contributed by atoms with E-state index in [2.05, 4.69) is 46.6 Å². The van der Waals surface area contributed by atoms with Crippen molar-refractivity contribution in [3.05, 3.63) is 65.8 Å². The van der Waals surface area contributed by atoms with E-state index in [4.69, 9.17) is 0 Å². The van der Waals surface area contributed by atoms with E-state index in [1.165, 1.54) is 11.1 Å². The SMILES string of the molecule is C/C=C(/c1ccn2nccc2c1)c1cc(NC)cnc1C. The van der Waals surface area contributed by atoms with E-state index in [0.717, 1.165) is 22.5 Å². The minimum Gasteiger partial charge on any atom is -0.387 e. The van der Waals surface area contributed by atoms with Crippen LogP contribution in [0, 0.1) is 6.92 Å². The van der Waals surface area contributed by atoms with Gasteiger partial charge in [0.2, 0.25) is 0 Å². The summed E-state index contributed by atoms with van der Waals surface area (Å²) in [5.41, 5.74) is 6.62. The van der Waals surface area contributed by atoms with Gasteiger partial charge in [-0.05, 0) is 49.2 Å². The molecule has 0 saturated carbocycles. The minimum absolute atomic E-state index is 1.01. The number of fused-ring (bicyclic) bond motifs is 1. The fourth-order valence-electron chi connectivity index (χ4n) is 2.51. The number of anilines is 1. The molecule has 3 aromatic rings. The number of hydrogen-bond donors (Lipinski definition) is 1. The average Bonchev–Trinajstić information content (AvgIpc) is 2.97. The molecule has 0 aliphatic heterocycles. The summed E-state index contributed by atoms with van der Waals surface area (Å²) >= 11 is 0. The van der Waals surface area contributed by atoms with Gasteiger partial charge in [-0.15, -0.1) is 0 Å². The van der Waals surface area contributed by atoms with E-state index < -0.39 is 0 Å². The van der Waals surface area contributed by atoms with Gasteiger partial charge in [0.25, 0.3) is 0 Å². The lowest BCUT2D eigenvalue weighted by atomic mass is 9.97. The highest BCUT2D eigenvalue weighted by molar-refractivity contribution is 5.83. The first-order valence-corrected chi connectivity index (χ1v) is 6.98. The number of hydrogen-bond acceptors (Lipinski definition) is 3. The predicted octanol–water partition coefficient (Wildman–Crippen LogP) is 3.53. The summed E-state index contributed by atoms with van der Waals surface area (Å²) in [6.45, 7) is 4.09. The molecule has 0 aliphatic carbocycles. The van der Waals surface area contributed by atoms with Crippen molar-refractivity contribution < 1.29 is 0 Å². The van der Waals surface area contributed by atoms with Crippen LogP contribution in [0.25, 0.3) is 11.1 Å². The van der Waals surface area contributed by atoms with E-state index in [1.54, 1.807) is 0 Å². The van der Waals surface area contributed by atoms with E-state index in [9.17, 15) is 0 Å². The van der Waals surface area contributed by atoms with Gasteiger partial charge in [0.1, 0.15) is 0 Å². The number of aromatic nitrogens is 3. The van der Waals surface area contributed by atoms with Crippen molar-refractivity contribution in [1.82, 2.24) is 14.6 Å². The number of pyridine rings is 2. The molecular formula is C17H18N4. The van der Waals surface area contributed by atoms with Crippen molar-refractivity contribution in [2.45, 2.75) is 13.8 Å². The van der Waals surface area contributed by atoms with Gasteiger partial charge in [0, 0.05) is 30.7 Å². The Labute approximate surface area is 124 Å². The molecule has 0 aliphatic rings. The summed E-state index contributed by atoms with van der Waals surface area (Å²) < 4.78 is 1.87. The highest BCUT2D eigenvalue weighted by Gasteiger charge is 2.10. The van der Waals surface area contributed by atoms with Gasteiger partial charge in [-0.2, -0.15) is 5.10 Å². The number of allylic oxidation sites excluding steroid dienone is 1. The molecule has 0 spiro atoms. The third-order valence-corrected chi connectivity index (χ3v) is 3.67. The van der Waals surface area contributed by atoms with Crippen molar-refractivity contribution >= 4 is 16.8 Å². The van der Waals surface area contributed by atoms with Crippen LogP contribution in [-0.2, 0) is 0 Å². The number of aryl methyl sites for hydroxylation is 1. The maximum Gasteiger partial charge on any atom is 0.0667 e. The lowest BCUT2D eigenvalue weighted by Crippen LogP contribution is -1.98. The molecule has 0 aromatic carbocycles. The molecule has 0 bridgehead atoms. The Morgan fingerprint density at radius 3 is 2.90 bits per heavy atom. The Balaban J connectivity index is 2.13. The van der Waals surface area contributed by atoms with Gasteiger partial charge >= 0.3 is 0 Å². The normalized spacial score (nSPS) is 11.9. The fraction of sp³-hybridized carbons (Fsp3) is 0.176. The van der Waals surface area contributed by atoms with Gasteiger partial charge in [0.05, 0.1) is 17.4 Å². The Morgan fingerprint density at radius 1 is 1.29 bits per heavy atom. The van der Waals surface area contributed by atoms with Crippen LogP contribution in [0.2, 0.25) is 0 Å². The second-order valence-electron chi connectivity index (χ2n) is 4.93. The summed E-state index contributed by atoms with van der Waals surface area (Å²) in [6.07, 6.45) is 7.78. The lowest BCUT2D eigenvalue weighted by molar-refractivity contribution is 0.960. The summed E-state index contributed by atoms with van der Waals surface area (Å²) in [7, 11) is 1.91. The topological polar surface area (TPSA) is 42.2 Å². The minimum atomic E-state index is 1.01. The van der Waals surface area contributed by atoms with Crippen molar-refractivity contribution in [1.29, 1.82) is 0 Å². The maximum atomic E-state index is 4.48. The monoisotopic (exact) mass is 278 g/mol. The van der Waals surface area contributed by atoms with Gasteiger partial charge in [-0.1, -0.05) is 6.08 Å². The summed E-state index contributed by atoms with van der Waals surface area (Å²) in [6, 6.07) is 8.37. The molecular weight excluding hydrogens is 260 g/mol. The number of rotatable bonds is 3. The summed E-state index contributed by atoms with van der Waals surface area (Å²) in [5, 5.41) is 7.38. The smallest absolute Gasteiger partial charge is 0.0667 e. The average molecular weight is 278 g/mol. The van der Waals surface area contributed by atoms with Crippen molar-refractivity contribution in [2.75, 3.05) is 12.4 Å². The van der Waals surface area contributed by atoms with Crippen molar-refractivity contribution in [3.63, 3.8) is 0 Å². The second-order valence-corrected chi connectivity index (χ2v) is 4.93. The maximum absolute atomic E-state index is 4.48. The number of nitrogens with zero attached hydrogens (tertiary/aromatic N) is 3. The molecule has 3 rings (SSSR count). The standard InChI is InChI=1S/C17H18N4/c1-4-16(17-10-14(18-3)11-19-12(17)2)13-6-8-21-15(9-13)5-7-20-21/h4-11,18H,1-3H3/b16-4-. The van der Waals surface area contributed by atoms with E-state index in [-0.39, 0.29) is 0 Å². The Hall–Kier alpha value is -2.62. The van der Waals surface area contributed by atoms with Crippen molar-refractivity contribution in [3.8, 4) is 0 Å². The molecule has 1 N–H and O–H groups in total. The second kappa shape index (κ2) is 5.40. The van der Waals surface area contributed by atoms with Crippen LogP contribution in [0.3, 0.4) is 0 Å². The molecule has 0 fully saturated rings. The van der Waals surface area contributed by atoms with Gasteiger partial charge < -0.3 is 5.32 Å². The fourth-order valence-corrected chi connectivity index (χ4v) is 2.51. The Morgan fingerprint density at radius 2 is 2.14 bits per heavy atom. The third-order valence-electron chi connectivity index (χ3n) is 3.67. The van der Waals surface area contributed by atoms with Crippen LogP contribution in [-0.4, -0.2) is 21.6 Å². The zero-order chi connectivity index (χ0) is 14.8. The van der Waals surface area contributed by atoms with Crippen LogP contribution in [0.15, 0.2) is 48.9 Å². The largest absolute Gasteiger partial charge is 0.387 e. The third kappa shape index (κ3) is 2.40. The first kappa shape index (κ1) is 13.4. The lowest BCUT2D eigenvalue weighted by Gasteiger charge is -2.12. The molecule has 4 heteroatoms. The van der Waals surface area contributed by atoms with Crippen LogP contribution in [0.4, 0.5) is 5.69 Å². The zero-order valence-corrected chi connectivity index (χ0v) is 12.5. The van der Waals surface area contributed by atoms with Gasteiger partial charge in [0.15, 0.2) is 0 Å². The van der Waals surface area contributed by atoms with Gasteiger partial charge in [-0.3, -0.25) is 4.98 Å². The molecule has 3 heterocycles. The molecule has 0 unspecified atom stereocenters. The molecule has 106 valence electrons. The van der Waals surface area contributed by atoms with E-state index in [1.807, 2.05) is 43.1 Å². The van der Waals surface area contributed by atoms with Crippen LogP contribution >= 0.6 is 0 Å². The molecule has 4 nitrogen and oxygen atoms in total. The predicted molar refractivity (Wildman–Crippen MR) is 86.5 cm³/mol. The van der Waals surface area contributed by atoms with E-state index in [0.29, 0.717) is 0 Å². The molecule has 0 atom stereocenters. The highest BCUT2D eigenvalue weighted by atomic mass is 15.2. The number of nitrogens with one attached hydrogen (secondary N) is 1. The van der Waals surface area contributed by atoms with Crippen LogP contribution in [0.1, 0.15) is 23.7 Å². The van der Waals surface area contributed by atoms with Gasteiger partial charge in [-0.25, -0.2) is 4.52 Å². The first-order chi connectivity index (χ1) is 10.2. The molecule has 0 saturated heterocycles.